The van der Waals surface area contributed by atoms with Crippen molar-refractivity contribution in [3.8, 4) is 11.5 Å². The van der Waals surface area contributed by atoms with E-state index in [1.165, 1.54) is 32.1 Å². The number of thioether (sulfide) groups is 1. The first kappa shape index (κ1) is 19.9. The van der Waals surface area contributed by atoms with E-state index in [1.54, 1.807) is 38.1 Å². The molecule has 148 valence electrons. The van der Waals surface area contributed by atoms with Crippen molar-refractivity contribution < 1.29 is 14.3 Å². The predicted molar refractivity (Wildman–Crippen MR) is 111 cm³/mol. The number of aliphatic imine (C=N–C) groups is 1. The molecule has 1 atom stereocenters. The van der Waals surface area contributed by atoms with Crippen molar-refractivity contribution in [1.82, 2.24) is 4.90 Å². The van der Waals surface area contributed by atoms with Gasteiger partial charge in [-0.2, -0.15) is 0 Å². The van der Waals surface area contributed by atoms with Gasteiger partial charge < -0.3 is 19.7 Å². The molecule has 1 saturated heterocycles. The summed E-state index contributed by atoms with van der Waals surface area (Å²) < 4.78 is 10.5. The van der Waals surface area contributed by atoms with Crippen molar-refractivity contribution in [2.75, 3.05) is 32.3 Å². The minimum Gasteiger partial charge on any atom is -0.493 e. The average Bonchev–Trinajstić information content (AvgIpc) is 3.02. The summed E-state index contributed by atoms with van der Waals surface area (Å²) >= 11 is 1.77. The second kappa shape index (κ2) is 9.35. The summed E-state index contributed by atoms with van der Waals surface area (Å²) in [5.74, 6) is 2.15. The van der Waals surface area contributed by atoms with E-state index >= 15 is 0 Å². The van der Waals surface area contributed by atoms with Gasteiger partial charge in [0, 0.05) is 37.0 Å². The van der Waals surface area contributed by atoms with E-state index in [1.807, 2.05) is 6.07 Å². The number of anilines is 1. The molecule has 1 heterocycles. The van der Waals surface area contributed by atoms with Crippen LogP contribution in [0.15, 0.2) is 23.2 Å². The quantitative estimate of drug-likeness (QED) is 0.800. The number of nitrogens with zero attached hydrogens (tertiary/aromatic N) is 2. The maximum absolute atomic E-state index is 12.5. The van der Waals surface area contributed by atoms with Crippen LogP contribution in [0.1, 0.15) is 38.5 Å². The molecule has 1 aliphatic carbocycles. The summed E-state index contributed by atoms with van der Waals surface area (Å²) in [5, 5.41) is 4.05. The Morgan fingerprint density at radius 2 is 1.96 bits per heavy atom. The van der Waals surface area contributed by atoms with Crippen LogP contribution in [-0.2, 0) is 4.79 Å². The SMILES string of the molecule is COc1ccc(NC(=O)CC2CSC(=NC3CCCCC3)N2C)cc1OC. The third-order valence-electron chi connectivity index (χ3n) is 5.21. The molecule has 0 spiro atoms. The summed E-state index contributed by atoms with van der Waals surface area (Å²) in [5.41, 5.74) is 0.710. The lowest BCUT2D eigenvalue weighted by atomic mass is 9.96. The van der Waals surface area contributed by atoms with Crippen LogP contribution in [0.3, 0.4) is 0 Å². The highest BCUT2D eigenvalue weighted by Crippen LogP contribution is 2.31. The van der Waals surface area contributed by atoms with E-state index in [0.717, 1.165) is 10.9 Å². The van der Waals surface area contributed by atoms with Gasteiger partial charge in [-0.3, -0.25) is 9.79 Å². The first-order chi connectivity index (χ1) is 13.1. The highest BCUT2D eigenvalue weighted by atomic mass is 32.2. The van der Waals surface area contributed by atoms with Gasteiger partial charge in [-0.15, -0.1) is 0 Å². The zero-order valence-corrected chi connectivity index (χ0v) is 17.2. The predicted octanol–water partition coefficient (Wildman–Crippen LogP) is 3.77. The zero-order valence-electron chi connectivity index (χ0n) is 16.4. The smallest absolute Gasteiger partial charge is 0.226 e. The van der Waals surface area contributed by atoms with Crippen molar-refractivity contribution in [3.63, 3.8) is 0 Å². The van der Waals surface area contributed by atoms with Gasteiger partial charge in [0.2, 0.25) is 5.91 Å². The molecule has 0 radical (unpaired) electrons. The van der Waals surface area contributed by atoms with E-state index in [2.05, 4.69) is 17.3 Å². The van der Waals surface area contributed by atoms with Crippen LogP contribution in [0.5, 0.6) is 11.5 Å². The number of hydrogen-bond acceptors (Lipinski definition) is 5. The van der Waals surface area contributed by atoms with Crippen LogP contribution < -0.4 is 14.8 Å². The number of rotatable bonds is 6. The average molecular weight is 392 g/mol. The fraction of sp³-hybridized carbons (Fsp3) is 0.600. The Hall–Kier alpha value is -1.89. The van der Waals surface area contributed by atoms with E-state index in [0.29, 0.717) is 29.6 Å². The van der Waals surface area contributed by atoms with Gasteiger partial charge in [0.25, 0.3) is 0 Å². The fourth-order valence-corrected chi connectivity index (χ4v) is 4.83. The first-order valence-corrected chi connectivity index (χ1v) is 10.5. The lowest BCUT2D eigenvalue weighted by molar-refractivity contribution is -0.116. The maximum atomic E-state index is 12.5. The molecule has 0 aromatic heterocycles. The Labute approximate surface area is 165 Å². The highest BCUT2D eigenvalue weighted by molar-refractivity contribution is 8.14. The normalized spacial score (nSPS) is 22.1. The van der Waals surface area contributed by atoms with Crippen LogP contribution in [0.2, 0.25) is 0 Å². The number of amides is 1. The number of benzene rings is 1. The standard InChI is InChI=1S/C20H29N3O3S/c1-23-16(13-27-20(23)22-14-7-5-4-6-8-14)12-19(24)21-15-9-10-17(25-2)18(11-15)26-3/h9-11,14,16H,4-8,12-13H2,1-3H3,(H,21,24). The third-order valence-corrected chi connectivity index (χ3v) is 6.41. The highest BCUT2D eigenvalue weighted by Gasteiger charge is 2.30. The van der Waals surface area contributed by atoms with Crippen LogP contribution in [0.25, 0.3) is 0 Å². The number of carbonyl (C=O) groups is 1. The number of carbonyl (C=O) groups excluding carboxylic acids is 1. The maximum Gasteiger partial charge on any atom is 0.226 e. The molecule has 1 aromatic carbocycles. The number of methoxy groups -OCH3 is 2. The molecular weight excluding hydrogens is 362 g/mol. The fourth-order valence-electron chi connectivity index (χ4n) is 3.57. The summed E-state index contributed by atoms with van der Waals surface area (Å²) in [7, 11) is 5.23. The Kier molecular flexibility index (Phi) is 6.88. The number of hydrogen-bond donors (Lipinski definition) is 1. The van der Waals surface area contributed by atoms with Crippen molar-refractivity contribution >= 4 is 28.5 Å². The molecule has 1 aliphatic heterocycles. The van der Waals surface area contributed by atoms with E-state index in [4.69, 9.17) is 14.5 Å². The largest absolute Gasteiger partial charge is 0.493 e. The second-order valence-corrected chi connectivity index (χ2v) is 8.09. The molecule has 7 heteroatoms. The number of nitrogens with one attached hydrogen (secondary N) is 1. The molecule has 0 bridgehead atoms. The number of amidine groups is 1. The molecule has 1 unspecified atom stereocenters. The molecule has 2 aliphatic rings. The lowest BCUT2D eigenvalue weighted by Crippen LogP contribution is -2.34. The molecule has 2 fully saturated rings. The lowest BCUT2D eigenvalue weighted by Gasteiger charge is -2.23. The molecule has 1 aromatic rings. The van der Waals surface area contributed by atoms with Gasteiger partial charge >= 0.3 is 0 Å². The molecule has 1 amide bonds. The molecule has 27 heavy (non-hydrogen) atoms. The molecule has 1 saturated carbocycles. The van der Waals surface area contributed by atoms with Crippen molar-refractivity contribution in [2.24, 2.45) is 4.99 Å². The van der Waals surface area contributed by atoms with Crippen LogP contribution in [0, 0.1) is 0 Å². The van der Waals surface area contributed by atoms with Gasteiger partial charge in [0.15, 0.2) is 16.7 Å². The van der Waals surface area contributed by atoms with E-state index in [9.17, 15) is 4.79 Å². The Morgan fingerprint density at radius 3 is 2.67 bits per heavy atom. The third kappa shape index (κ3) is 5.09. The zero-order chi connectivity index (χ0) is 19.2. The summed E-state index contributed by atoms with van der Waals surface area (Å²) in [6.07, 6.45) is 6.75. The van der Waals surface area contributed by atoms with Crippen molar-refractivity contribution in [1.29, 1.82) is 0 Å². The van der Waals surface area contributed by atoms with Gasteiger partial charge in [-0.1, -0.05) is 31.0 Å². The summed E-state index contributed by atoms with van der Waals surface area (Å²) in [6.45, 7) is 0. The van der Waals surface area contributed by atoms with E-state index < -0.39 is 0 Å². The first-order valence-electron chi connectivity index (χ1n) is 9.56. The van der Waals surface area contributed by atoms with Gasteiger partial charge in [0.1, 0.15) is 0 Å². The minimum absolute atomic E-state index is 0.00131. The van der Waals surface area contributed by atoms with E-state index in [-0.39, 0.29) is 11.9 Å². The van der Waals surface area contributed by atoms with Crippen LogP contribution >= 0.6 is 11.8 Å². The molecule has 3 rings (SSSR count). The van der Waals surface area contributed by atoms with Gasteiger partial charge in [-0.05, 0) is 25.0 Å². The molecule has 1 N–H and O–H groups in total. The Balaban J connectivity index is 1.56. The topological polar surface area (TPSA) is 63.2 Å². The van der Waals surface area contributed by atoms with Crippen LogP contribution in [-0.4, -0.2) is 55.1 Å². The Bertz CT molecular complexity index is 689. The number of ether oxygens (including phenoxy) is 2. The molecular formula is C20H29N3O3S. The van der Waals surface area contributed by atoms with Crippen molar-refractivity contribution in [2.45, 2.75) is 50.6 Å². The second-order valence-electron chi connectivity index (χ2n) is 7.10. The van der Waals surface area contributed by atoms with Crippen LogP contribution in [0.4, 0.5) is 5.69 Å². The van der Waals surface area contributed by atoms with Gasteiger partial charge in [0.05, 0.1) is 20.3 Å². The molecule has 6 nitrogen and oxygen atoms in total. The van der Waals surface area contributed by atoms with Gasteiger partial charge in [-0.25, -0.2) is 0 Å². The minimum atomic E-state index is -0.00131. The summed E-state index contributed by atoms with van der Waals surface area (Å²) in [6, 6.07) is 6.03. The van der Waals surface area contributed by atoms with Crippen molar-refractivity contribution in [3.05, 3.63) is 18.2 Å². The monoisotopic (exact) mass is 391 g/mol. The summed E-state index contributed by atoms with van der Waals surface area (Å²) in [4.78, 5) is 19.6. The Morgan fingerprint density at radius 1 is 1.22 bits per heavy atom.